The molecule has 0 aromatic rings. The zero-order chi connectivity index (χ0) is 9.45. The maximum Gasteiger partial charge on any atom is 0.353 e. The highest BCUT2D eigenvalue weighted by Gasteiger charge is 2.29. The molecule has 0 aromatic heterocycles. The lowest BCUT2D eigenvalue weighted by Gasteiger charge is -2.26. The van der Waals surface area contributed by atoms with Crippen LogP contribution >= 0.6 is 0 Å². The van der Waals surface area contributed by atoms with E-state index in [-0.39, 0.29) is 0 Å². The molecular formula is C9H16O3. The summed E-state index contributed by atoms with van der Waals surface area (Å²) in [6.45, 7) is 6.90. The Bertz CT molecular complexity index is 131. The molecular weight excluding hydrogens is 156 g/mol. The first kappa shape index (κ1) is 11.4. The summed E-state index contributed by atoms with van der Waals surface area (Å²) in [6, 6.07) is 0. The van der Waals surface area contributed by atoms with Crippen LogP contribution in [0.25, 0.3) is 0 Å². The first-order valence-corrected chi connectivity index (χ1v) is 4.14. The lowest BCUT2D eigenvalue weighted by atomic mass is 10.5. The van der Waals surface area contributed by atoms with Crippen LogP contribution in [-0.4, -0.2) is 25.8 Å². The summed E-state index contributed by atoms with van der Waals surface area (Å²) in [7, 11) is 0. The van der Waals surface area contributed by atoms with E-state index in [1.165, 1.54) is 0 Å². The van der Waals surface area contributed by atoms with Gasteiger partial charge in [0.05, 0.1) is 19.8 Å². The van der Waals surface area contributed by atoms with E-state index in [9.17, 15) is 0 Å². The van der Waals surface area contributed by atoms with Gasteiger partial charge in [0.15, 0.2) is 0 Å². The third kappa shape index (κ3) is 3.22. The fourth-order valence-corrected chi connectivity index (χ4v) is 0.820. The van der Waals surface area contributed by atoms with Gasteiger partial charge in [-0.3, -0.25) is 0 Å². The van der Waals surface area contributed by atoms with Crippen molar-refractivity contribution < 1.29 is 14.2 Å². The Hall–Kier alpha value is -0.560. The molecule has 0 aliphatic heterocycles. The van der Waals surface area contributed by atoms with Crippen molar-refractivity contribution in [3.63, 3.8) is 0 Å². The van der Waals surface area contributed by atoms with Crippen molar-refractivity contribution in [1.82, 2.24) is 0 Å². The number of ether oxygens (including phenoxy) is 3. The van der Waals surface area contributed by atoms with Gasteiger partial charge < -0.3 is 14.2 Å². The van der Waals surface area contributed by atoms with Crippen LogP contribution in [0.2, 0.25) is 0 Å². The van der Waals surface area contributed by atoms with E-state index in [0.29, 0.717) is 19.8 Å². The molecule has 0 N–H and O–H groups in total. The molecule has 3 heteroatoms. The molecule has 0 saturated heterocycles. The zero-order valence-electron chi connectivity index (χ0n) is 7.92. The number of hydrogen-bond donors (Lipinski definition) is 0. The molecule has 0 aromatic carbocycles. The molecule has 0 fully saturated rings. The van der Waals surface area contributed by atoms with Gasteiger partial charge in [0.25, 0.3) is 0 Å². The average molecular weight is 172 g/mol. The van der Waals surface area contributed by atoms with Crippen molar-refractivity contribution in [2.45, 2.75) is 26.7 Å². The Balaban J connectivity index is 4.19. The molecule has 0 amide bonds. The number of hydrogen-bond acceptors (Lipinski definition) is 3. The first-order chi connectivity index (χ1) is 5.74. The van der Waals surface area contributed by atoms with Crippen molar-refractivity contribution in [3.8, 4) is 12.3 Å². The van der Waals surface area contributed by atoms with Gasteiger partial charge in [-0.1, -0.05) is 0 Å². The topological polar surface area (TPSA) is 27.7 Å². The fourth-order valence-electron chi connectivity index (χ4n) is 0.820. The Morgan fingerprint density at radius 2 is 1.33 bits per heavy atom. The quantitative estimate of drug-likeness (QED) is 0.447. The van der Waals surface area contributed by atoms with Gasteiger partial charge in [0.1, 0.15) is 0 Å². The highest BCUT2D eigenvalue weighted by atomic mass is 16.9. The molecule has 0 atom stereocenters. The highest BCUT2D eigenvalue weighted by Crippen LogP contribution is 2.13. The van der Waals surface area contributed by atoms with E-state index in [1.807, 2.05) is 20.8 Å². The summed E-state index contributed by atoms with van der Waals surface area (Å²) in [5.74, 6) is 1.07. The molecule has 0 aliphatic carbocycles. The molecule has 0 heterocycles. The van der Waals surface area contributed by atoms with Crippen LogP contribution in [0.4, 0.5) is 0 Å². The van der Waals surface area contributed by atoms with E-state index in [1.54, 1.807) is 0 Å². The van der Waals surface area contributed by atoms with E-state index >= 15 is 0 Å². The van der Waals surface area contributed by atoms with Gasteiger partial charge >= 0.3 is 5.97 Å². The normalized spacial score (nSPS) is 11.2. The molecule has 0 unspecified atom stereocenters. The molecule has 0 radical (unpaired) electrons. The molecule has 3 nitrogen and oxygen atoms in total. The maximum absolute atomic E-state index is 5.24. The summed E-state index contributed by atoms with van der Waals surface area (Å²) in [4.78, 5) is 0. The molecule has 0 saturated carbocycles. The maximum atomic E-state index is 5.24. The van der Waals surface area contributed by atoms with Crippen LogP contribution in [-0.2, 0) is 14.2 Å². The predicted octanol–water partition coefficient (Wildman–Crippen LogP) is 1.38. The third-order valence-corrected chi connectivity index (χ3v) is 1.18. The van der Waals surface area contributed by atoms with E-state index in [2.05, 4.69) is 5.92 Å². The van der Waals surface area contributed by atoms with Crippen LogP contribution in [0.3, 0.4) is 0 Å². The molecule has 0 spiro atoms. The van der Waals surface area contributed by atoms with Crippen molar-refractivity contribution in [2.24, 2.45) is 0 Å². The highest BCUT2D eigenvalue weighted by molar-refractivity contribution is 4.96. The van der Waals surface area contributed by atoms with Gasteiger partial charge in [-0.2, -0.15) is 0 Å². The Morgan fingerprint density at radius 3 is 1.50 bits per heavy atom. The second kappa shape index (κ2) is 6.01. The third-order valence-electron chi connectivity index (χ3n) is 1.18. The molecule has 0 rings (SSSR count). The second-order valence-corrected chi connectivity index (χ2v) is 2.00. The summed E-state index contributed by atoms with van der Waals surface area (Å²) in [5, 5.41) is 0. The van der Waals surface area contributed by atoms with E-state index < -0.39 is 5.97 Å². The van der Waals surface area contributed by atoms with Gasteiger partial charge in [-0.25, -0.2) is 0 Å². The van der Waals surface area contributed by atoms with Crippen LogP contribution in [0.5, 0.6) is 0 Å². The summed E-state index contributed by atoms with van der Waals surface area (Å²) >= 11 is 0. The number of rotatable bonds is 6. The minimum Gasteiger partial charge on any atom is -0.317 e. The first-order valence-electron chi connectivity index (χ1n) is 4.14. The van der Waals surface area contributed by atoms with Crippen molar-refractivity contribution in [1.29, 1.82) is 0 Å². The Kier molecular flexibility index (Phi) is 5.73. The Morgan fingerprint density at radius 1 is 1.00 bits per heavy atom. The molecule has 70 valence electrons. The minimum absolute atomic E-state index is 0.462. The van der Waals surface area contributed by atoms with Gasteiger partial charge in [0, 0.05) is 0 Å². The van der Waals surface area contributed by atoms with Gasteiger partial charge in [-0.15, -0.1) is 6.42 Å². The minimum atomic E-state index is -1.28. The van der Waals surface area contributed by atoms with Crippen LogP contribution < -0.4 is 0 Å². The Labute approximate surface area is 74.0 Å². The van der Waals surface area contributed by atoms with Gasteiger partial charge in [0.2, 0.25) is 0 Å². The van der Waals surface area contributed by atoms with Crippen molar-refractivity contribution in [3.05, 3.63) is 0 Å². The molecule has 12 heavy (non-hydrogen) atoms. The SMILES string of the molecule is C#CC(OCC)(OCC)OCC. The lowest BCUT2D eigenvalue weighted by Crippen LogP contribution is -2.37. The largest absolute Gasteiger partial charge is 0.353 e. The average Bonchev–Trinajstić information content (AvgIpc) is 2.06. The van der Waals surface area contributed by atoms with Crippen LogP contribution in [0, 0.1) is 12.3 Å². The van der Waals surface area contributed by atoms with E-state index in [4.69, 9.17) is 20.6 Å². The molecule has 0 aliphatic rings. The van der Waals surface area contributed by atoms with Crippen molar-refractivity contribution in [2.75, 3.05) is 19.8 Å². The summed E-state index contributed by atoms with van der Waals surface area (Å²) in [5.41, 5.74) is 0. The smallest absolute Gasteiger partial charge is 0.317 e. The van der Waals surface area contributed by atoms with Gasteiger partial charge in [-0.05, 0) is 26.7 Å². The van der Waals surface area contributed by atoms with Crippen molar-refractivity contribution >= 4 is 0 Å². The standard InChI is InChI=1S/C9H16O3/c1-5-9(10-6-2,11-7-3)12-8-4/h1H,6-8H2,2-4H3. The lowest BCUT2D eigenvalue weighted by molar-refractivity contribution is -0.338. The number of terminal acetylenes is 1. The van der Waals surface area contributed by atoms with Crippen LogP contribution in [0.15, 0.2) is 0 Å². The molecule has 0 bridgehead atoms. The zero-order valence-corrected chi connectivity index (χ0v) is 7.92. The van der Waals surface area contributed by atoms with E-state index in [0.717, 1.165) is 0 Å². The predicted molar refractivity (Wildman–Crippen MR) is 46.4 cm³/mol. The van der Waals surface area contributed by atoms with Crippen LogP contribution in [0.1, 0.15) is 20.8 Å². The second-order valence-electron chi connectivity index (χ2n) is 2.00. The fraction of sp³-hybridized carbons (Fsp3) is 0.778. The monoisotopic (exact) mass is 172 g/mol. The summed E-state index contributed by atoms with van der Waals surface area (Å²) < 4.78 is 15.5. The summed E-state index contributed by atoms with van der Waals surface area (Å²) in [6.07, 6.45) is 5.24.